The summed E-state index contributed by atoms with van der Waals surface area (Å²) in [6.45, 7) is 7.10. The number of carbonyl (C=O) groups excluding carboxylic acids is 1. The van der Waals surface area contributed by atoms with Crippen molar-refractivity contribution >= 4 is 5.91 Å². The van der Waals surface area contributed by atoms with Gasteiger partial charge in [-0.3, -0.25) is 9.59 Å². The molecule has 3 heterocycles. The highest BCUT2D eigenvalue weighted by molar-refractivity contribution is 5.95. The molecule has 0 unspecified atom stereocenters. The third-order valence-corrected chi connectivity index (χ3v) is 5.59. The van der Waals surface area contributed by atoms with Crippen molar-refractivity contribution in [2.45, 2.75) is 64.3 Å². The molecule has 7 nitrogen and oxygen atoms in total. The molecule has 0 bridgehead atoms. The van der Waals surface area contributed by atoms with Crippen molar-refractivity contribution in [2.75, 3.05) is 13.1 Å². The molecule has 2 aliphatic rings. The number of amides is 1. The van der Waals surface area contributed by atoms with Gasteiger partial charge in [0.25, 0.3) is 11.5 Å². The predicted molar refractivity (Wildman–Crippen MR) is 100.0 cm³/mol. The zero-order valence-electron chi connectivity index (χ0n) is 16.1. The summed E-state index contributed by atoms with van der Waals surface area (Å²) in [4.78, 5) is 32.1. The second kappa shape index (κ2) is 6.94. The van der Waals surface area contributed by atoms with Crippen LogP contribution in [0.4, 0.5) is 0 Å². The summed E-state index contributed by atoms with van der Waals surface area (Å²) >= 11 is 0. The molecule has 144 valence electrons. The number of carbonyl (C=O) groups is 1. The van der Waals surface area contributed by atoms with Crippen molar-refractivity contribution in [2.24, 2.45) is 0 Å². The first-order valence-electron chi connectivity index (χ1n) is 9.80. The number of hydrogen-bond donors (Lipinski definition) is 0. The number of hydrogen-bond acceptors (Lipinski definition) is 5. The average Bonchev–Trinajstić information content (AvgIpc) is 3.36. The molecule has 4 rings (SSSR count). The van der Waals surface area contributed by atoms with E-state index in [0.29, 0.717) is 24.5 Å². The number of pyridine rings is 1. The van der Waals surface area contributed by atoms with Crippen LogP contribution in [0.2, 0.25) is 0 Å². The van der Waals surface area contributed by atoms with Gasteiger partial charge < -0.3 is 14.0 Å². The van der Waals surface area contributed by atoms with E-state index in [-0.39, 0.29) is 29.3 Å². The molecule has 0 atom stereocenters. The molecule has 2 aromatic rings. The van der Waals surface area contributed by atoms with E-state index in [4.69, 9.17) is 4.52 Å². The van der Waals surface area contributed by atoms with Crippen LogP contribution in [0.1, 0.15) is 85.0 Å². The van der Waals surface area contributed by atoms with Crippen LogP contribution in [0.25, 0.3) is 0 Å². The standard InChI is InChI=1S/C20H26N4O3/c1-12(2)17-21-18(27-22-17)14-7-9-23(10-8-14)19(25)16-13(3)6-11-24(20(16)26)15-4-5-15/h6,11-12,14-15H,4-5,7-10H2,1-3H3. The highest BCUT2D eigenvalue weighted by Crippen LogP contribution is 2.33. The van der Waals surface area contributed by atoms with Gasteiger partial charge in [0.15, 0.2) is 5.82 Å². The van der Waals surface area contributed by atoms with Gasteiger partial charge in [0.1, 0.15) is 5.56 Å². The monoisotopic (exact) mass is 370 g/mol. The first-order chi connectivity index (χ1) is 13.0. The molecule has 1 saturated heterocycles. The Hall–Kier alpha value is -2.44. The summed E-state index contributed by atoms with van der Waals surface area (Å²) < 4.78 is 7.14. The first-order valence-corrected chi connectivity index (χ1v) is 9.80. The molecule has 0 spiro atoms. The molecule has 0 radical (unpaired) electrons. The van der Waals surface area contributed by atoms with Crippen LogP contribution in [0.5, 0.6) is 0 Å². The summed E-state index contributed by atoms with van der Waals surface area (Å²) in [5.74, 6) is 1.65. The fourth-order valence-corrected chi connectivity index (χ4v) is 3.68. The zero-order chi connectivity index (χ0) is 19.1. The second-order valence-corrected chi connectivity index (χ2v) is 8.03. The van der Waals surface area contributed by atoms with E-state index in [1.165, 1.54) is 0 Å². The fraction of sp³-hybridized carbons (Fsp3) is 0.600. The summed E-state index contributed by atoms with van der Waals surface area (Å²) in [5.41, 5.74) is 0.924. The van der Waals surface area contributed by atoms with Gasteiger partial charge in [0.2, 0.25) is 5.89 Å². The molecular weight excluding hydrogens is 344 g/mol. The van der Waals surface area contributed by atoms with E-state index in [1.807, 2.05) is 33.0 Å². The lowest BCUT2D eigenvalue weighted by Crippen LogP contribution is -2.41. The summed E-state index contributed by atoms with van der Waals surface area (Å²) in [6.07, 6.45) is 5.40. The molecule has 0 aromatic carbocycles. The first kappa shape index (κ1) is 17.9. The Morgan fingerprint density at radius 2 is 1.93 bits per heavy atom. The predicted octanol–water partition coefficient (Wildman–Crippen LogP) is 3.02. The normalized spacial score (nSPS) is 18.3. The van der Waals surface area contributed by atoms with Gasteiger partial charge in [0, 0.05) is 37.2 Å². The lowest BCUT2D eigenvalue weighted by Gasteiger charge is -2.30. The van der Waals surface area contributed by atoms with Gasteiger partial charge in [-0.2, -0.15) is 4.98 Å². The third-order valence-electron chi connectivity index (χ3n) is 5.59. The molecular formula is C20H26N4O3. The quantitative estimate of drug-likeness (QED) is 0.826. The van der Waals surface area contributed by atoms with Gasteiger partial charge in [-0.25, -0.2) is 0 Å². The van der Waals surface area contributed by atoms with Crippen LogP contribution in [-0.4, -0.2) is 38.6 Å². The zero-order valence-corrected chi connectivity index (χ0v) is 16.1. The molecule has 1 aliphatic carbocycles. The van der Waals surface area contributed by atoms with E-state index in [1.54, 1.807) is 9.47 Å². The SMILES string of the molecule is Cc1ccn(C2CC2)c(=O)c1C(=O)N1CCC(c2nc(C(C)C)no2)CC1. The van der Waals surface area contributed by atoms with E-state index >= 15 is 0 Å². The number of aromatic nitrogens is 3. The minimum Gasteiger partial charge on any atom is -0.339 e. The van der Waals surface area contributed by atoms with Crippen LogP contribution in [0, 0.1) is 6.92 Å². The van der Waals surface area contributed by atoms with Crippen molar-refractivity contribution in [1.82, 2.24) is 19.6 Å². The van der Waals surface area contributed by atoms with E-state index in [2.05, 4.69) is 10.1 Å². The maximum atomic E-state index is 13.0. The van der Waals surface area contributed by atoms with Crippen LogP contribution in [0.15, 0.2) is 21.6 Å². The number of nitrogens with zero attached hydrogens (tertiary/aromatic N) is 4. The minimum atomic E-state index is -0.153. The van der Waals surface area contributed by atoms with Gasteiger partial charge in [-0.15, -0.1) is 0 Å². The number of rotatable bonds is 4. The summed E-state index contributed by atoms with van der Waals surface area (Å²) in [6, 6.07) is 2.15. The molecule has 27 heavy (non-hydrogen) atoms. The smallest absolute Gasteiger partial charge is 0.263 e. The van der Waals surface area contributed by atoms with Crippen molar-refractivity contribution in [1.29, 1.82) is 0 Å². The molecule has 2 aromatic heterocycles. The Balaban J connectivity index is 1.47. The van der Waals surface area contributed by atoms with Crippen LogP contribution in [0.3, 0.4) is 0 Å². The van der Waals surface area contributed by atoms with Crippen molar-refractivity contribution in [3.63, 3.8) is 0 Å². The minimum absolute atomic E-state index is 0.150. The Labute approximate surface area is 158 Å². The molecule has 1 amide bonds. The molecule has 0 N–H and O–H groups in total. The van der Waals surface area contributed by atoms with Gasteiger partial charge in [-0.05, 0) is 44.2 Å². The number of piperidine rings is 1. The maximum Gasteiger partial charge on any atom is 0.263 e. The largest absolute Gasteiger partial charge is 0.339 e. The Kier molecular flexibility index (Phi) is 4.61. The summed E-state index contributed by atoms with van der Waals surface area (Å²) in [5, 5.41) is 4.04. The number of likely N-dealkylation sites (tertiary alicyclic amines) is 1. The van der Waals surface area contributed by atoms with Crippen LogP contribution < -0.4 is 5.56 Å². The van der Waals surface area contributed by atoms with Crippen molar-refractivity contribution in [3.05, 3.63) is 45.5 Å². The van der Waals surface area contributed by atoms with Crippen molar-refractivity contribution < 1.29 is 9.32 Å². The number of aryl methyl sites for hydroxylation is 1. The third kappa shape index (κ3) is 3.42. The molecule has 1 saturated carbocycles. The van der Waals surface area contributed by atoms with Gasteiger partial charge >= 0.3 is 0 Å². The fourth-order valence-electron chi connectivity index (χ4n) is 3.68. The molecule has 2 fully saturated rings. The topological polar surface area (TPSA) is 81.2 Å². The van der Waals surface area contributed by atoms with E-state index < -0.39 is 0 Å². The second-order valence-electron chi connectivity index (χ2n) is 8.03. The van der Waals surface area contributed by atoms with Crippen molar-refractivity contribution in [3.8, 4) is 0 Å². The van der Waals surface area contributed by atoms with Crippen LogP contribution in [-0.2, 0) is 0 Å². The van der Waals surface area contributed by atoms with E-state index in [9.17, 15) is 9.59 Å². The summed E-state index contributed by atoms with van der Waals surface area (Å²) in [7, 11) is 0. The highest BCUT2D eigenvalue weighted by atomic mass is 16.5. The van der Waals surface area contributed by atoms with Gasteiger partial charge in [-0.1, -0.05) is 19.0 Å². The van der Waals surface area contributed by atoms with Crippen LogP contribution >= 0.6 is 0 Å². The van der Waals surface area contributed by atoms with Gasteiger partial charge in [0.05, 0.1) is 0 Å². The highest BCUT2D eigenvalue weighted by Gasteiger charge is 2.32. The maximum absolute atomic E-state index is 13.0. The van der Waals surface area contributed by atoms with E-state index in [0.717, 1.165) is 37.1 Å². The average molecular weight is 370 g/mol. The lowest BCUT2D eigenvalue weighted by molar-refractivity contribution is 0.0701. The Morgan fingerprint density at radius 1 is 1.22 bits per heavy atom. The lowest BCUT2D eigenvalue weighted by atomic mass is 9.96. The Bertz CT molecular complexity index is 902. The molecule has 7 heteroatoms. The molecule has 1 aliphatic heterocycles. The Morgan fingerprint density at radius 3 is 2.52 bits per heavy atom.